The molecular formula is C14H21N. The molecule has 1 unspecified atom stereocenters. The van der Waals surface area contributed by atoms with Gasteiger partial charge in [-0.3, -0.25) is 0 Å². The predicted molar refractivity (Wildman–Crippen MR) is 65.2 cm³/mol. The van der Waals surface area contributed by atoms with E-state index in [4.69, 9.17) is 0 Å². The zero-order chi connectivity index (χ0) is 11.0. The van der Waals surface area contributed by atoms with E-state index >= 15 is 0 Å². The zero-order valence-electron chi connectivity index (χ0n) is 10.1. The van der Waals surface area contributed by atoms with Gasteiger partial charge >= 0.3 is 0 Å². The van der Waals surface area contributed by atoms with Crippen LogP contribution in [0.4, 0.5) is 0 Å². The molecule has 0 N–H and O–H groups in total. The van der Waals surface area contributed by atoms with Gasteiger partial charge in [0.2, 0.25) is 0 Å². The molecule has 1 heteroatoms. The molecule has 0 amide bonds. The van der Waals surface area contributed by atoms with Gasteiger partial charge in [0.1, 0.15) is 0 Å². The molecule has 0 fully saturated rings. The molecule has 0 spiro atoms. The van der Waals surface area contributed by atoms with Gasteiger partial charge < -0.3 is 4.90 Å². The van der Waals surface area contributed by atoms with Crippen molar-refractivity contribution >= 4 is 0 Å². The highest BCUT2D eigenvalue weighted by molar-refractivity contribution is 5.45. The first kappa shape index (κ1) is 10.5. The average molecular weight is 203 g/mol. The van der Waals surface area contributed by atoms with Gasteiger partial charge in [-0.05, 0) is 48.8 Å². The third kappa shape index (κ3) is 1.75. The third-order valence-corrected chi connectivity index (χ3v) is 3.77. The van der Waals surface area contributed by atoms with Crippen molar-refractivity contribution in [3.8, 4) is 0 Å². The minimum atomic E-state index is 0.784. The summed E-state index contributed by atoms with van der Waals surface area (Å²) in [5, 5.41) is 0. The summed E-state index contributed by atoms with van der Waals surface area (Å²) >= 11 is 0. The van der Waals surface area contributed by atoms with Crippen LogP contribution in [0.3, 0.4) is 0 Å². The van der Waals surface area contributed by atoms with Crippen LogP contribution in [0.25, 0.3) is 0 Å². The fourth-order valence-electron chi connectivity index (χ4n) is 2.55. The minimum absolute atomic E-state index is 0.784. The Hall–Kier alpha value is -0.980. The maximum absolute atomic E-state index is 4.22. The highest BCUT2D eigenvalue weighted by Gasteiger charge is 2.29. The van der Waals surface area contributed by atoms with Gasteiger partial charge in [-0.25, -0.2) is 0 Å². The van der Waals surface area contributed by atoms with Crippen LogP contribution in [0.15, 0.2) is 35.7 Å². The molecule has 15 heavy (non-hydrogen) atoms. The summed E-state index contributed by atoms with van der Waals surface area (Å²) in [4.78, 5) is 2.25. The van der Waals surface area contributed by atoms with Gasteiger partial charge in [0, 0.05) is 18.4 Å². The Morgan fingerprint density at radius 3 is 2.80 bits per heavy atom. The molecule has 2 rings (SSSR count). The molecule has 0 aromatic carbocycles. The van der Waals surface area contributed by atoms with Crippen molar-refractivity contribution in [2.24, 2.45) is 11.8 Å². The van der Waals surface area contributed by atoms with Crippen LogP contribution in [0.1, 0.15) is 33.6 Å². The molecule has 1 heterocycles. The molecule has 1 aliphatic carbocycles. The molecule has 2 aliphatic rings. The third-order valence-electron chi connectivity index (χ3n) is 3.77. The molecule has 1 nitrogen and oxygen atoms in total. The second-order valence-electron chi connectivity index (χ2n) is 4.96. The molecule has 0 bridgehead atoms. The topological polar surface area (TPSA) is 3.24 Å². The lowest BCUT2D eigenvalue weighted by molar-refractivity contribution is 0.400. The van der Waals surface area contributed by atoms with Crippen molar-refractivity contribution in [3.63, 3.8) is 0 Å². The van der Waals surface area contributed by atoms with Gasteiger partial charge in [0.05, 0.1) is 0 Å². The van der Waals surface area contributed by atoms with Crippen LogP contribution in [0.2, 0.25) is 0 Å². The van der Waals surface area contributed by atoms with Crippen LogP contribution < -0.4 is 0 Å². The Bertz CT molecular complexity index is 333. The number of allylic oxidation sites excluding steroid dienone is 3. The standard InChI is InChI=1S/C14H21N/c1-5-15-7-6-12-8-13(10(2)3)9-14(12)11(15)4/h6-7,10,13H,4-5,8-9H2,1-3H3. The Labute approximate surface area is 93.2 Å². The number of hydrogen-bond donors (Lipinski definition) is 0. The summed E-state index contributed by atoms with van der Waals surface area (Å²) in [7, 11) is 0. The summed E-state index contributed by atoms with van der Waals surface area (Å²) in [5.74, 6) is 1.61. The SMILES string of the molecule is C=C1C2=C(C=CN1CC)CC(C(C)C)C2. The highest BCUT2D eigenvalue weighted by Crippen LogP contribution is 2.42. The van der Waals surface area contributed by atoms with E-state index in [0.29, 0.717) is 0 Å². The number of likely N-dealkylation sites (N-methyl/N-ethyl adjacent to an activating group) is 1. The molecule has 0 radical (unpaired) electrons. The molecule has 0 aromatic rings. The molecule has 1 atom stereocenters. The first-order chi connectivity index (χ1) is 7.13. The van der Waals surface area contributed by atoms with Crippen molar-refractivity contribution in [3.05, 3.63) is 35.7 Å². The van der Waals surface area contributed by atoms with Gasteiger partial charge in [-0.1, -0.05) is 20.4 Å². The van der Waals surface area contributed by atoms with E-state index in [1.807, 2.05) is 0 Å². The van der Waals surface area contributed by atoms with Crippen LogP contribution in [-0.2, 0) is 0 Å². The Morgan fingerprint density at radius 2 is 2.20 bits per heavy atom. The summed E-state index contributed by atoms with van der Waals surface area (Å²) in [6, 6.07) is 0. The molecule has 0 aromatic heterocycles. The molecular weight excluding hydrogens is 182 g/mol. The van der Waals surface area contributed by atoms with E-state index in [1.165, 1.54) is 29.7 Å². The fraction of sp³-hybridized carbons (Fsp3) is 0.571. The summed E-state index contributed by atoms with van der Waals surface area (Å²) in [6.07, 6.45) is 6.95. The quantitative estimate of drug-likeness (QED) is 0.661. The second kappa shape index (κ2) is 3.88. The van der Waals surface area contributed by atoms with Gasteiger partial charge in [0.15, 0.2) is 0 Å². The highest BCUT2D eigenvalue weighted by atomic mass is 15.1. The van der Waals surface area contributed by atoms with Crippen LogP contribution in [0, 0.1) is 11.8 Å². The summed E-state index contributed by atoms with van der Waals surface area (Å²) in [5.41, 5.74) is 4.28. The van der Waals surface area contributed by atoms with Crippen molar-refractivity contribution < 1.29 is 0 Å². The predicted octanol–water partition coefficient (Wildman–Crippen LogP) is 3.71. The number of hydrogen-bond acceptors (Lipinski definition) is 1. The lowest BCUT2D eigenvalue weighted by atomic mass is 9.92. The fourth-order valence-corrected chi connectivity index (χ4v) is 2.55. The smallest absolute Gasteiger partial charge is 0.0368 e. The van der Waals surface area contributed by atoms with Gasteiger partial charge in [-0.15, -0.1) is 0 Å². The zero-order valence-corrected chi connectivity index (χ0v) is 10.1. The molecule has 0 saturated carbocycles. The number of rotatable bonds is 2. The number of nitrogens with zero attached hydrogens (tertiary/aromatic N) is 1. The molecule has 82 valence electrons. The minimum Gasteiger partial charge on any atom is -0.349 e. The maximum Gasteiger partial charge on any atom is 0.0368 e. The van der Waals surface area contributed by atoms with Crippen LogP contribution in [-0.4, -0.2) is 11.4 Å². The van der Waals surface area contributed by atoms with E-state index in [2.05, 4.69) is 44.5 Å². The monoisotopic (exact) mass is 203 g/mol. The normalized spacial score (nSPS) is 25.5. The average Bonchev–Trinajstić information content (AvgIpc) is 2.63. The van der Waals surface area contributed by atoms with Gasteiger partial charge in [-0.2, -0.15) is 0 Å². The van der Waals surface area contributed by atoms with E-state index in [-0.39, 0.29) is 0 Å². The largest absolute Gasteiger partial charge is 0.349 e. The van der Waals surface area contributed by atoms with E-state index in [1.54, 1.807) is 0 Å². The van der Waals surface area contributed by atoms with Crippen molar-refractivity contribution in [2.45, 2.75) is 33.6 Å². The van der Waals surface area contributed by atoms with Gasteiger partial charge in [0.25, 0.3) is 0 Å². The Morgan fingerprint density at radius 1 is 1.47 bits per heavy atom. The summed E-state index contributed by atoms with van der Waals surface area (Å²) < 4.78 is 0. The lowest BCUT2D eigenvalue weighted by Crippen LogP contribution is -2.19. The maximum atomic E-state index is 4.22. The summed E-state index contributed by atoms with van der Waals surface area (Å²) in [6.45, 7) is 12.1. The lowest BCUT2D eigenvalue weighted by Gasteiger charge is -2.26. The van der Waals surface area contributed by atoms with Crippen LogP contribution in [0.5, 0.6) is 0 Å². The first-order valence-corrected chi connectivity index (χ1v) is 5.99. The first-order valence-electron chi connectivity index (χ1n) is 5.99. The van der Waals surface area contributed by atoms with E-state index < -0.39 is 0 Å². The second-order valence-corrected chi connectivity index (χ2v) is 4.96. The molecule has 1 aliphatic heterocycles. The van der Waals surface area contributed by atoms with E-state index in [0.717, 1.165) is 18.4 Å². The van der Waals surface area contributed by atoms with Crippen molar-refractivity contribution in [1.82, 2.24) is 4.90 Å². The van der Waals surface area contributed by atoms with Crippen LogP contribution >= 0.6 is 0 Å². The Kier molecular flexibility index (Phi) is 2.72. The van der Waals surface area contributed by atoms with Crippen molar-refractivity contribution in [1.29, 1.82) is 0 Å². The molecule has 0 saturated heterocycles. The van der Waals surface area contributed by atoms with E-state index in [9.17, 15) is 0 Å². The Balaban J connectivity index is 2.17. The van der Waals surface area contributed by atoms with Crippen molar-refractivity contribution in [2.75, 3.05) is 6.54 Å².